The van der Waals surface area contributed by atoms with Crippen molar-refractivity contribution >= 4 is 34.9 Å². The van der Waals surface area contributed by atoms with E-state index in [2.05, 4.69) is 9.99 Å². The molecule has 2 fully saturated rings. The Balaban J connectivity index is 1.82. The van der Waals surface area contributed by atoms with Crippen LogP contribution in [0.2, 0.25) is 10.0 Å². The predicted molar refractivity (Wildman–Crippen MR) is 89.3 cm³/mol. The number of hydrazine groups is 1. The first-order valence-corrected chi connectivity index (χ1v) is 8.14. The average Bonchev–Trinajstić information content (AvgIpc) is 3.13. The van der Waals surface area contributed by atoms with Crippen LogP contribution >= 0.6 is 23.2 Å². The van der Waals surface area contributed by atoms with Gasteiger partial charge in [-0.15, -0.1) is 0 Å². The molecule has 3 heterocycles. The normalized spacial score (nSPS) is 21.1. The van der Waals surface area contributed by atoms with E-state index in [-0.39, 0.29) is 12.2 Å². The highest BCUT2D eigenvalue weighted by Gasteiger charge is 2.47. The van der Waals surface area contributed by atoms with Crippen molar-refractivity contribution in [2.24, 2.45) is 0 Å². The highest BCUT2D eigenvalue weighted by Crippen LogP contribution is 2.41. The van der Waals surface area contributed by atoms with E-state index in [1.807, 2.05) is 18.2 Å². The standard InChI is InChI=1S/C16H14Cl2N4O/c17-13-5-4-12(9-14(13)18)22-15(11-3-1-6-19-10-11)20-7-2-8-21(20)16(22)23/h1,3-6,9-10,15H,2,7-8H2/t15-/m1/s1. The first-order valence-electron chi connectivity index (χ1n) is 7.39. The zero-order valence-electron chi connectivity index (χ0n) is 12.2. The number of carbonyl (C=O) groups is 1. The fourth-order valence-corrected chi connectivity index (χ4v) is 3.48. The van der Waals surface area contributed by atoms with Gasteiger partial charge in [0.1, 0.15) is 6.17 Å². The number of pyridine rings is 1. The van der Waals surface area contributed by atoms with Crippen LogP contribution in [0, 0.1) is 0 Å². The summed E-state index contributed by atoms with van der Waals surface area (Å²) in [5, 5.41) is 4.78. The largest absolute Gasteiger partial charge is 0.340 e. The van der Waals surface area contributed by atoms with Crippen molar-refractivity contribution in [2.75, 3.05) is 18.0 Å². The summed E-state index contributed by atoms with van der Waals surface area (Å²) in [5.41, 5.74) is 1.70. The van der Waals surface area contributed by atoms with Gasteiger partial charge >= 0.3 is 6.03 Å². The van der Waals surface area contributed by atoms with Gasteiger partial charge in [-0.1, -0.05) is 29.3 Å². The maximum Gasteiger partial charge on any atom is 0.340 e. The molecule has 1 aromatic carbocycles. The van der Waals surface area contributed by atoms with Gasteiger partial charge in [0.05, 0.1) is 10.0 Å². The molecule has 2 saturated heterocycles. The maximum absolute atomic E-state index is 12.9. The van der Waals surface area contributed by atoms with Gasteiger partial charge in [0.2, 0.25) is 0 Å². The number of hydrogen-bond donors (Lipinski definition) is 0. The summed E-state index contributed by atoms with van der Waals surface area (Å²) in [6, 6.07) is 9.08. The number of fused-ring (bicyclic) bond motifs is 1. The minimum atomic E-state index is -0.212. The van der Waals surface area contributed by atoms with E-state index in [4.69, 9.17) is 23.2 Å². The Morgan fingerprint density at radius 2 is 2.00 bits per heavy atom. The van der Waals surface area contributed by atoms with E-state index in [9.17, 15) is 4.79 Å². The molecule has 1 atom stereocenters. The van der Waals surface area contributed by atoms with Crippen molar-refractivity contribution in [2.45, 2.75) is 12.6 Å². The summed E-state index contributed by atoms with van der Waals surface area (Å²) in [6.45, 7) is 1.57. The van der Waals surface area contributed by atoms with Crippen molar-refractivity contribution in [3.63, 3.8) is 0 Å². The highest BCUT2D eigenvalue weighted by atomic mass is 35.5. The Morgan fingerprint density at radius 1 is 1.13 bits per heavy atom. The molecule has 23 heavy (non-hydrogen) atoms. The molecule has 0 aliphatic carbocycles. The summed E-state index contributed by atoms with van der Waals surface area (Å²) in [6.07, 6.45) is 4.28. The van der Waals surface area contributed by atoms with Crippen molar-refractivity contribution < 1.29 is 4.79 Å². The van der Waals surface area contributed by atoms with Crippen LogP contribution in [-0.2, 0) is 0 Å². The van der Waals surface area contributed by atoms with Gasteiger partial charge in [-0.3, -0.25) is 14.9 Å². The Hall–Kier alpha value is -1.82. The lowest BCUT2D eigenvalue weighted by Gasteiger charge is -2.27. The van der Waals surface area contributed by atoms with Gasteiger partial charge in [0, 0.05) is 36.7 Å². The molecule has 0 saturated carbocycles. The van der Waals surface area contributed by atoms with Crippen LogP contribution in [0.1, 0.15) is 18.2 Å². The molecule has 2 aromatic rings. The number of anilines is 1. The second-order valence-electron chi connectivity index (χ2n) is 5.55. The van der Waals surface area contributed by atoms with Crippen molar-refractivity contribution in [3.05, 3.63) is 58.3 Å². The van der Waals surface area contributed by atoms with Gasteiger partial charge in [0.25, 0.3) is 0 Å². The van der Waals surface area contributed by atoms with Gasteiger partial charge in [0.15, 0.2) is 0 Å². The zero-order chi connectivity index (χ0) is 16.0. The van der Waals surface area contributed by atoms with Gasteiger partial charge in [-0.2, -0.15) is 5.01 Å². The molecule has 2 amide bonds. The van der Waals surface area contributed by atoms with Gasteiger partial charge < -0.3 is 0 Å². The number of benzene rings is 1. The smallest absolute Gasteiger partial charge is 0.271 e. The van der Waals surface area contributed by atoms with E-state index in [1.54, 1.807) is 34.4 Å². The molecule has 0 bridgehead atoms. The number of amides is 2. The van der Waals surface area contributed by atoms with E-state index < -0.39 is 0 Å². The lowest BCUT2D eigenvalue weighted by atomic mass is 10.1. The molecule has 1 aromatic heterocycles. The number of carbonyl (C=O) groups excluding carboxylic acids is 1. The number of nitrogens with zero attached hydrogens (tertiary/aromatic N) is 4. The molecule has 5 nitrogen and oxygen atoms in total. The number of aromatic nitrogens is 1. The van der Waals surface area contributed by atoms with Crippen LogP contribution in [-0.4, -0.2) is 34.1 Å². The number of halogens is 2. The summed E-state index contributed by atoms with van der Waals surface area (Å²) < 4.78 is 0. The van der Waals surface area contributed by atoms with Crippen LogP contribution in [0.4, 0.5) is 10.5 Å². The Labute approximate surface area is 144 Å². The van der Waals surface area contributed by atoms with Crippen LogP contribution in [0.3, 0.4) is 0 Å². The number of rotatable bonds is 2. The van der Waals surface area contributed by atoms with Crippen molar-refractivity contribution in [1.29, 1.82) is 0 Å². The third-order valence-electron chi connectivity index (χ3n) is 4.18. The molecule has 7 heteroatoms. The SMILES string of the molecule is O=C1N(c2ccc(Cl)c(Cl)c2)[C@H](c2cccnc2)N2CCCN12. The molecule has 118 valence electrons. The summed E-state index contributed by atoms with van der Waals surface area (Å²) in [4.78, 5) is 18.8. The average molecular weight is 349 g/mol. The second kappa shape index (κ2) is 5.67. The Kier molecular flexibility index (Phi) is 3.64. The maximum atomic E-state index is 12.9. The van der Waals surface area contributed by atoms with E-state index in [0.717, 1.165) is 30.8 Å². The van der Waals surface area contributed by atoms with Crippen LogP contribution in [0.25, 0.3) is 0 Å². The van der Waals surface area contributed by atoms with E-state index in [0.29, 0.717) is 10.0 Å². The first-order chi connectivity index (χ1) is 11.2. The predicted octanol–water partition coefficient (Wildman–Crippen LogP) is 3.95. The summed E-state index contributed by atoms with van der Waals surface area (Å²) >= 11 is 12.2. The van der Waals surface area contributed by atoms with Crippen molar-refractivity contribution in [3.8, 4) is 0 Å². The Morgan fingerprint density at radius 3 is 2.74 bits per heavy atom. The van der Waals surface area contributed by atoms with Gasteiger partial charge in [-0.05, 0) is 30.7 Å². The van der Waals surface area contributed by atoms with Crippen LogP contribution in [0.15, 0.2) is 42.7 Å². The molecule has 2 aliphatic rings. The quantitative estimate of drug-likeness (QED) is 0.824. The topological polar surface area (TPSA) is 39.7 Å². The fraction of sp³-hybridized carbons (Fsp3) is 0.250. The molecule has 0 unspecified atom stereocenters. The Bertz CT molecular complexity index is 755. The van der Waals surface area contributed by atoms with E-state index in [1.165, 1.54) is 0 Å². The summed E-state index contributed by atoms with van der Waals surface area (Å²) in [7, 11) is 0. The lowest BCUT2D eigenvalue weighted by molar-refractivity contribution is 0.0726. The fourth-order valence-electron chi connectivity index (χ4n) is 3.19. The van der Waals surface area contributed by atoms with Crippen LogP contribution in [0.5, 0.6) is 0 Å². The van der Waals surface area contributed by atoms with Crippen LogP contribution < -0.4 is 4.90 Å². The van der Waals surface area contributed by atoms with Crippen molar-refractivity contribution in [1.82, 2.24) is 15.0 Å². The summed E-state index contributed by atoms with van der Waals surface area (Å²) in [5.74, 6) is 0. The first kappa shape index (κ1) is 14.8. The third-order valence-corrected chi connectivity index (χ3v) is 4.92. The molecular formula is C16H14Cl2N4O. The molecule has 0 radical (unpaired) electrons. The molecule has 2 aliphatic heterocycles. The number of hydrogen-bond acceptors (Lipinski definition) is 3. The molecular weight excluding hydrogens is 335 g/mol. The zero-order valence-corrected chi connectivity index (χ0v) is 13.7. The van der Waals surface area contributed by atoms with Gasteiger partial charge in [-0.25, -0.2) is 4.79 Å². The molecule has 0 N–H and O–H groups in total. The number of urea groups is 1. The monoisotopic (exact) mass is 348 g/mol. The minimum Gasteiger partial charge on any atom is -0.271 e. The molecule has 4 rings (SSSR count). The highest BCUT2D eigenvalue weighted by molar-refractivity contribution is 6.42. The lowest BCUT2D eigenvalue weighted by Crippen LogP contribution is -2.32. The second-order valence-corrected chi connectivity index (χ2v) is 6.37. The third kappa shape index (κ3) is 2.36. The molecule has 0 spiro atoms. The minimum absolute atomic E-state index is 0.0465. The van der Waals surface area contributed by atoms with E-state index >= 15 is 0 Å².